The van der Waals surface area contributed by atoms with Crippen LogP contribution in [0.15, 0.2) is 30.5 Å². The number of aryl methyl sites for hydroxylation is 1. The van der Waals surface area contributed by atoms with Gasteiger partial charge in [-0.2, -0.15) is 5.10 Å². The zero-order chi connectivity index (χ0) is 10.7. The van der Waals surface area contributed by atoms with Gasteiger partial charge in [0.15, 0.2) is 0 Å². The maximum Gasteiger partial charge on any atom is 0.0539 e. The van der Waals surface area contributed by atoms with Crippen molar-refractivity contribution in [2.45, 2.75) is 13.5 Å². The Balaban J connectivity index is 2.02. The van der Waals surface area contributed by atoms with Crippen LogP contribution in [0.25, 0.3) is 0 Å². The van der Waals surface area contributed by atoms with E-state index in [1.807, 2.05) is 37.4 Å². The second kappa shape index (κ2) is 4.36. The summed E-state index contributed by atoms with van der Waals surface area (Å²) < 4.78 is 0. The number of nitrogens with zero attached hydrogens (tertiary/aromatic N) is 1. The lowest BCUT2D eigenvalue weighted by atomic mass is 10.2. The largest absolute Gasteiger partial charge is 0.381 e. The van der Waals surface area contributed by atoms with Crippen molar-refractivity contribution < 1.29 is 0 Å². The molecule has 2 N–H and O–H groups in total. The highest BCUT2D eigenvalue weighted by atomic mass is 35.5. The number of hydrogen-bond acceptors (Lipinski definition) is 2. The van der Waals surface area contributed by atoms with E-state index in [0.29, 0.717) is 0 Å². The molecule has 0 bridgehead atoms. The molecule has 1 aromatic carbocycles. The van der Waals surface area contributed by atoms with Crippen LogP contribution in [0.1, 0.15) is 11.3 Å². The van der Waals surface area contributed by atoms with Gasteiger partial charge < -0.3 is 5.32 Å². The average Bonchev–Trinajstić information content (AvgIpc) is 2.61. The normalized spacial score (nSPS) is 10.3. The fraction of sp³-hybridized carbons (Fsp3) is 0.182. The summed E-state index contributed by atoms with van der Waals surface area (Å²) in [6.07, 6.45) is 1.83. The smallest absolute Gasteiger partial charge is 0.0539 e. The van der Waals surface area contributed by atoms with Crippen LogP contribution >= 0.6 is 11.6 Å². The molecule has 0 unspecified atom stereocenters. The minimum absolute atomic E-state index is 0.740. The first-order valence-electron chi connectivity index (χ1n) is 4.74. The first kappa shape index (κ1) is 10.1. The number of aromatic nitrogens is 2. The van der Waals surface area contributed by atoms with E-state index in [1.165, 1.54) is 0 Å². The van der Waals surface area contributed by atoms with Gasteiger partial charge in [0, 0.05) is 28.5 Å². The fourth-order valence-electron chi connectivity index (χ4n) is 1.35. The Labute approximate surface area is 93.5 Å². The van der Waals surface area contributed by atoms with Gasteiger partial charge in [0.25, 0.3) is 0 Å². The molecular formula is C11H12ClN3. The predicted octanol–water partition coefficient (Wildman–Crippen LogP) is 2.98. The highest BCUT2D eigenvalue weighted by Crippen LogP contribution is 2.16. The quantitative estimate of drug-likeness (QED) is 0.837. The highest BCUT2D eigenvalue weighted by Gasteiger charge is 1.99. The molecule has 1 aromatic heterocycles. The van der Waals surface area contributed by atoms with Crippen LogP contribution in [0, 0.1) is 6.92 Å². The Hall–Kier alpha value is -1.48. The molecule has 0 aliphatic heterocycles. The van der Waals surface area contributed by atoms with Crippen LogP contribution in [0.5, 0.6) is 0 Å². The van der Waals surface area contributed by atoms with Crippen molar-refractivity contribution in [1.82, 2.24) is 10.2 Å². The van der Waals surface area contributed by atoms with E-state index >= 15 is 0 Å². The Morgan fingerprint density at radius 3 is 3.00 bits per heavy atom. The summed E-state index contributed by atoms with van der Waals surface area (Å²) in [7, 11) is 0. The summed E-state index contributed by atoms with van der Waals surface area (Å²) in [6, 6.07) is 7.67. The zero-order valence-corrected chi connectivity index (χ0v) is 9.17. The summed E-state index contributed by atoms with van der Waals surface area (Å²) in [5.41, 5.74) is 3.27. The van der Waals surface area contributed by atoms with Gasteiger partial charge in [0.05, 0.1) is 6.20 Å². The molecule has 0 amide bonds. The number of benzene rings is 1. The lowest BCUT2D eigenvalue weighted by Gasteiger charge is -2.05. The summed E-state index contributed by atoms with van der Waals surface area (Å²) >= 11 is 5.88. The minimum Gasteiger partial charge on any atom is -0.381 e. The first-order chi connectivity index (χ1) is 7.25. The Morgan fingerprint density at radius 1 is 1.47 bits per heavy atom. The lowest BCUT2D eigenvalue weighted by molar-refractivity contribution is 1.04. The average molecular weight is 222 g/mol. The second-order valence-electron chi connectivity index (χ2n) is 3.38. The minimum atomic E-state index is 0.740. The van der Waals surface area contributed by atoms with Crippen molar-refractivity contribution in [3.05, 3.63) is 46.7 Å². The topological polar surface area (TPSA) is 40.7 Å². The van der Waals surface area contributed by atoms with Crippen LogP contribution in [0.2, 0.25) is 5.02 Å². The van der Waals surface area contributed by atoms with E-state index in [0.717, 1.165) is 28.5 Å². The predicted molar refractivity (Wildman–Crippen MR) is 62.1 cm³/mol. The molecule has 0 atom stereocenters. The lowest BCUT2D eigenvalue weighted by Crippen LogP contribution is -1.99. The second-order valence-corrected chi connectivity index (χ2v) is 3.82. The molecule has 0 fully saturated rings. The van der Waals surface area contributed by atoms with Crippen LogP contribution in [-0.2, 0) is 6.54 Å². The molecule has 4 heteroatoms. The summed E-state index contributed by atoms with van der Waals surface area (Å²) in [5.74, 6) is 0. The van der Waals surface area contributed by atoms with E-state index in [2.05, 4.69) is 15.5 Å². The Kier molecular flexibility index (Phi) is 2.92. The van der Waals surface area contributed by atoms with Gasteiger partial charge in [0.1, 0.15) is 0 Å². The molecule has 0 saturated heterocycles. The molecule has 0 saturated carbocycles. The van der Waals surface area contributed by atoms with Gasteiger partial charge in [-0.1, -0.05) is 17.7 Å². The zero-order valence-electron chi connectivity index (χ0n) is 8.42. The third-order valence-electron chi connectivity index (χ3n) is 2.24. The van der Waals surface area contributed by atoms with Gasteiger partial charge in [0.2, 0.25) is 0 Å². The van der Waals surface area contributed by atoms with Gasteiger partial charge >= 0.3 is 0 Å². The third-order valence-corrected chi connectivity index (χ3v) is 2.48. The van der Waals surface area contributed by atoms with Crippen LogP contribution in [0.4, 0.5) is 5.69 Å². The first-order valence-corrected chi connectivity index (χ1v) is 5.12. The van der Waals surface area contributed by atoms with Crippen molar-refractivity contribution in [2.24, 2.45) is 0 Å². The highest BCUT2D eigenvalue weighted by molar-refractivity contribution is 6.30. The maximum atomic E-state index is 5.88. The van der Waals surface area contributed by atoms with Crippen molar-refractivity contribution >= 4 is 17.3 Å². The summed E-state index contributed by atoms with van der Waals surface area (Å²) in [6.45, 7) is 2.75. The third kappa shape index (κ3) is 2.50. The molecule has 0 aliphatic carbocycles. The molecule has 0 radical (unpaired) electrons. The molecule has 2 aromatic rings. The van der Waals surface area contributed by atoms with Crippen molar-refractivity contribution in [3.63, 3.8) is 0 Å². The Bertz CT molecular complexity index is 451. The van der Waals surface area contributed by atoms with Crippen molar-refractivity contribution in [3.8, 4) is 0 Å². The fourth-order valence-corrected chi connectivity index (χ4v) is 1.54. The van der Waals surface area contributed by atoms with Gasteiger partial charge in [-0.05, 0) is 25.1 Å². The number of rotatable bonds is 3. The SMILES string of the molecule is Cc1[nH]ncc1CNc1cccc(Cl)c1. The van der Waals surface area contributed by atoms with Gasteiger partial charge in [-0.3, -0.25) is 5.10 Å². The maximum absolute atomic E-state index is 5.88. The van der Waals surface area contributed by atoms with Crippen LogP contribution < -0.4 is 5.32 Å². The molecule has 15 heavy (non-hydrogen) atoms. The number of aromatic amines is 1. The summed E-state index contributed by atoms with van der Waals surface area (Å²) in [4.78, 5) is 0. The summed E-state index contributed by atoms with van der Waals surface area (Å²) in [5, 5.41) is 10.9. The van der Waals surface area contributed by atoms with E-state index in [4.69, 9.17) is 11.6 Å². The molecular weight excluding hydrogens is 210 g/mol. The van der Waals surface area contributed by atoms with Crippen LogP contribution in [-0.4, -0.2) is 10.2 Å². The van der Waals surface area contributed by atoms with E-state index < -0.39 is 0 Å². The van der Waals surface area contributed by atoms with E-state index in [1.54, 1.807) is 0 Å². The molecule has 78 valence electrons. The number of anilines is 1. The van der Waals surface area contributed by atoms with Crippen molar-refractivity contribution in [1.29, 1.82) is 0 Å². The van der Waals surface area contributed by atoms with Crippen LogP contribution in [0.3, 0.4) is 0 Å². The Morgan fingerprint density at radius 2 is 2.33 bits per heavy atom. The van der Waals surface area contributed by atoms with Gasteiger partial charge in [-0.15, -0.1) is 0 Å². The number of hydrogen-bond donors (Lipinski definition) is 2. The molecule has 3 nitrogen and oxygen atoms in total. The number of H-pyrrole nitrogens is 1. The standard InChI is InChI=1S/C11H12ClN3/c1-8-9(7-14-15-8)6-13-11-4-2-3-10(12)5-11/h2-5,7,13H,6H2,1H3,(H,14,15). The number of nitrogens with one attached hydrogen (secondary N) is 2. The monoisotopic (exact) mass is 221 g/mol. The molecule has 1 heterocycles. The number of halogens is 1. The van der Waals surface area contributed by atoms with Crippen molar-refractivity contribution in [2.75, 3.05) is 5.32 Å². The molecule has 0 spiro atoms. The molecule has 2 rings (SSSR count). The van der Waals surface area contributed by atoms with E-state index in [9.17, 15) is 0 Å². The van der Waals surface area contributed by atoms with Gasteiger partial charge in [-0.25, -0.2) is 0 Å². The van der Waals surface area contributed by atoms with E-state index in [-0.39, 0.29) is 0 Å². The molecule has 0 aliphatic rings.